The lowest BCUT2D eigenvalue weighted by atomic mass is 9.72. The van der Waals surface area contributed by atoms with E-state index in [1.54, 1.807) is 4.90 Å². The van der Waals surface area contributed by atoms with Crippen molar-refractivity contribution in [3.8, 4) is 5.75 Å². The van der Waals surface area contributed by atoms with Crippen molar-refractivity contribution < 1.29 is 19.1 Å². The second-order valence-electron chi connectivity index (χ2n) is 8.72. The first-order chi connectivity index (χ1) is 13.3. The molecule has 1 aromatic rings. The Morgan fingerprint density at radius 1 is 1.29 bits per heavy atom. The molecule has 0 aliphatic carbocycles. The average molecular weight is 389 g/mol. The average Bonchev–Trinajstić information content (AvgIpc) is 2.64. The summed E-state index contributed by atoms with van der Waals surface area (Å²) in [6.07, 6.45) is 3.50. The zero-order valence-corrected chi connectivity index (χ0v) is 16.5. The van der Waals surface area contributed by atoms with Crippen LogP contribution in [0.2, 0.25) is 0 Å². The summed E-state index contributed by atoms with van der Waals surface area (Å²) in [7, 11) is 4.01. The molecule has 0 unspecified atom stereocenters. The molecule has 0 spiro atoms. The van der Waals surface area contributed by atoms with Crippen LogP contribution in [0.4, 0.5) is 4.39 Å². The van der Waals surface area contributed by atoms with E-state index in [0.29, 0.717) is 19.5 Å². The van der Waals surface area contributed by atoms with Gasteiger partial charge in [0.05, 0.1) is 5.56 Å². The number of piperidine rings is 3. The monoisotopic (exact) mass is 389 g/mol. The number of phenols is 1. The van der Waals surface area contributed by atoms with Gasteiger partial charge < -0.3 is 19.8 Å². The molecule has 3 fully saturated rings. The summed E-state index contributed by atoms with van der Waals surface area (Å²) in [6.45, 7) is 1.86. The number of carbonyl (C=O) groups excluding carboxylic acids is 2. The number of carbonyl (C=O) groups is 2. The largest absolute Gasteiger partial charge is 0.508 e. The van der Waals surface area contributed by atoms with E-state index < -0.39 is 5.82 Å². The van der Waals surface area contributed by atoms with Crippen LogP contribution >= 0.6 is 0 Å². The molecule has 3 aliphatic rings. The van der Waals surface area contributed by atoms with Gasteiger partial charge in [-0.15, -0.1) is 0 Å². The number of fused-ring (bicyclic) bond motifs is 4. The summed E-state index contributed by atoms with van der Waals surface area (Å²) in [6, 6.07) is 3.93. The van der Waals surface area contributed by atoms with Crippen molar-refractivity contribution in [3.63, 3.8) is 0 Å². The van der Waals surface area contributed by atoms with Crippen LogP contribution in [0.3, 0.4) is 0 Å². The third kappa shape index (κ3) is 3.36. The second kappa shape index (κ2) is 7.35. The lowest BCUT2D eigenvalue weighted by Crippen LogP contribution is -2.67. The van der Waals surface area contributed by atoms with Gasteiger partial charge in [-0.25, -0.2) is 4.39 Å². The maximum atomic E-state index is 14.2. The smallest absolute Gasteiger partial charge is 0.256 e. The summed E-state index contributed by atoms with van der Waals surface area (Å²) in [5.74, 6) is -0.533. The van der Waals surface area contributed by atoms with Crippen LogP contribution in [0.15, 0.2) is 18.2 Å². The molecule has 4 atom stereocenters. The molecule has 7 heteroatoms. The number of benzene rings is 1. The molecule has 3 aliphatic heterocycles. The van der Waals surface area contributed by atoms with E-state index in [-0.39, 0.29) is 47.0 Å². The highest BCUT2D eigenvalue weighted by atomic mass is 19.1. The topological polar surface area (TPSA) is 64.1 Å². The van der Waals surface area contributed by atoms with E-state index in [4.69, 9.17) is 0 Å². The lowest BCUT2D eigenvalue weighted by Gasteiger charge is -2.57. The van der Waals surface area contributed by atoms with E-state index in [1.165, 1.54) is 12.1 Å². The minimum absolute atomic E-state index is 0.00138. The van der Waals surface area contributed by atoms with Crippen LogP contribution in [-0.2, 0) is 4.79 Å². The highest BCUT2D eigenvalue weighted by Gasteiger charge is 2.50. The van der Waals surface area contributed by atoms with Gasteiger partial charge in [0.2, 0.25) is 5.91 Å². The first-order valence-electron chi connectivity index (χ1n) is 10.1. The Kier molecular flexibility index (Phi) is 5.04. The zero-order valence-electron chi connectivity index (χ0n) is 16.5. The van der Waals surface area contributed by atoms with Crippen molar-refractivity contribution >= 4 is 11.8 Å². The SMILES string of the molecule is CN(C)C[C@H]1[C@H]2C[C@H](CN(C(=O)c3ccc(O)cc3F)C2)[C@@H]2CCCC(=O)N21. The standard InChI is InChI=1S/C21H28FN3O3/c1-23(2)12-19-14-8-13(18-4-3-5-20(27)25(18)19)10-24(11-14)21(28)16-7-6-15(26)9-17(16)22/h6-7,9,13-14,18-19,26H,3-5,8,10-12H2,1-2H3/t13-,14+,18+,19+/m1/s1. The Bertz CT molecular complexity index is 784. The van der Waals surface area contributed by atoms with Gasteiger partial charge in [-0.05, 0) is 57.3 Å². The van der Waals surface area contributed by atoms with E-state index in [0.717, 1.165) is 31.9 Å². The number of aromatic hydroxyl groups is 1. The van der Waals surface area contributed by atoms with Crippen LogP contribution in [0, 0.1) is 17.7 Å². The normalized spacial score (nSPS) is 29.8. The van der Waals surface area contributed by atoms with Crippen LogP contribution in [-0.4, -0.2) is 77.4 Å². The molecule has 0 saturated carbocycles. The molecular weight excluding hydrogens is 361 g/mol. The van der Waals surface area contributed by atoms with E-state index >= 15 is 0 Å². The van der Waals surface area contributed by atoms with Gasteiger partial charge in [-0.2, -0.15) is 0 Å². The molecule has 3 heterocycles. The number of likely N-dealkylation sites (N-methyl/N-ethyl adjacent to an activating group) is 1. The van der Waals surface area contributed by atoms with Gasteiger partial charge in [0, 0.05) is 44.2 Å². The molecule has 6 nitrogen and oxygen atoms in total. The molecular formula is C21H28FN3O3. The quantitative estimate of drug-likeness (QED) is 0.858. The fraction of sp³-hybridized carbons (Fsp3) is 0.619. The second-order valence-corrected chi connectivity index (χ2v) is 8.72. The Morgan fingerprint density at radius 2 is 2.04 bits per heavy atom. The van der Waals surface area contributed by atoms with Crippen molar-refractivity contribution in [1.82, 2.24) is 14.7 Å². The van der Waals surface area contributed by atoms with Crippen molar-refractivity contribution in [2.75, 3.05) is 33.7 Å². The minimum atomic E-state index is -0.694. The van der Waals surface area contributed by atoms with Gasteiger partial charge in [0.1, 0.15) is 11.6 Å². The van der Waals surface area contributed by atoms with Crippen LogP contribution in [0.25, 0.3) is 0 Å². The lowest BCUT2D eigenvalue weighted by molar-refractivity contribution is -0.152. The Balaban J connectivity index is 1.61. The number of rotatable bonds is 3. The number of amides is 2. The minimum Gasteiger partial charge on any atom is -0.508 e. The summed E-state index contributed by atoms with van der Waals surface area (Å²) in [5.41, 5.74) is -0.00138. The fourth-order valence-electron chi connectivity index (χ4n) is 5.40. The molecule has 0 radical (unpaired) electrons. The molecule has 3 saturated heterocycles. The van der Waals surface area contributed by atoms with Crippen molar-refractivity contribution in [2.45, 2.75) is 37.8 Å². The Hall–Kier alpha value is -2.15. The van der Waals surface area contributed by atoms with Gasteiger partial charge >= 0.3 is 0 Å². The molecule has 4 rings (SSSR count). The predicted octanol–water partition coefficient (Wildman–Crippen LogP) is 1.93. The first-order valence-corrected chi connectivity index (χ1v) is 10.1. The summed E-state index contributed by atoms with van der Waals surface area (Å²) in [5, 5.41) is 9.43. The maximum Gasteiger partial charge on any atom is 0.256 e. The summed E-state index contributed by atoms with van der Waals surface area (Å²) < 4.78 is 14.2. The summed E-state index contributed by atoms with van der Waals surface area (Å²) >= 11 is 0. The Labute approximate surface area is 164 Å². The van der Waals surface area contributed by atoms with Gasteiger partial charge in [0.25, 0.3) is 5.91 Å². The van der Waals surface area contributed by atoms with Crippen molar-refractivity contribution in [1.29, 1.82) is 0 Å². The highest BCUT2D eigenvalue weighted by Crippen LogP contribution is 2.42. The number of phenolic OH excluding ortho intramolecular Hbond substituents is 1. The van der Waals surface area contributed by atoms with E-state index in [2.05, 4.69) is 9.80 Å². The van der Waals surface area contributed by atoms with Gasteiger partial charge in [0.15, 0.2) is 0 Å². The number of halogens is 1. The summed E-state index contributed by atoms with van der Waals surface area (Å²) in [4.78, 5) is 31.7. The maximum absolute atomic E-state index is 14.2. The molecule has 2 amide bonds. The van der Waals surface area contributed by atoms with Crippen molar-refractivity contribution in [2.24, 2.45) is 11.8 Å². The van der Waals surface area contributed by atoms with Crippen molar-refractivity contribution in [3.05, 3.63) is 29.6 Å². The fourth-order valence-corrected chi connectivity index (χ4v) is 5.40. The molecule has 2 bridgehead atoms. The Morgan fingerprint density at radius 3 is 2.75 bits per heavy atom. The van der Waals surface area contributed by atoms with Crippen LogP contribution < -0.4 is 0 Å². The number of hydrogen-bond acceptors (Lipinski definition) is 4. The number of hydrogen-bond donors (Lipinski definition) is 1. The van der Waals surface area contributed by atoms with E-state index in [9.17, 15) is 19.1 Å². The number of nitrogens with zero attached hydrogens (tertiary/aromatic N) is 3. The highest BCUT2D eigenvalue weighted by molar-refractivity contribution is 5.94. The molecule has 0 aromatic heterocycles. The van der Waals surface area contributed by atoms with Crippen LogP contribution in [0.5, 0.6) is 5.75 Å². The molecule has 152 valence electrons. The van der Waals surface area contributed by atoms with Gasteiger partial charge in [-0.1, -0.05) is 0 Å². The molecule has 1 aromatic carbocycles. The van der Waals surface area contributed by atoms with E-state index in [1.807, 2.05) is 14.1 Å². The van der Waals surface area contributed by atoms with Crippen LogP contribution in [0.1, 0.15) is 36.0 Å². The third-order valence-electron chi connectivity index (χ3n) is 6.52. The predicted molar refractivity (Wildman–Crippen MR) is 102 cm³/mol. The molecule has 1 N–H and O–H groups in total. The molecule has 28 heavy (non-hydrogen) atoms. The first kappa shape index (κ1) is 19.2. The zero-order chi connectivity index (χ0) is 20.0. The number of likely N-dealkylation sites (tertiary alicyclic amines) is 1. The van der Waals surface area contributed by atoms with Gasteiger partial charge in [-0.3, -0.25) is 9.59 Å². The third-order valence-corrected chi connectivity index (χ3v) is 6.52.